The molecule has 1 N–H and O–H groups in total. The van der Waals surface area contributed by atoms with Crippen LogP contribution in [0.5, 0.6) is 0 Å². The molecule has 0 aromatic rings. The molecule has 0 radical (unpaired) electrons. The summed E-state index contributed by atoms with van der Waals surface area (Å²) in [6.07, 6.45) is 9.71. The second kappa shape index (κ2) is 8.13. The first-order chi connectivity index (χ1) is 8.84. The minimum Gasteiger partial charge on any atom is -0.314 e. The van der Waals surface area contributed by atoms with Gasteiger partial charge in [0.05, 0.1) is 0 Å². The van der Waals surface area contributed by atoms with Crippen LogP contribution in [0.2, 0.25) is 0 Å². The number of nitrogens with one attached hydrogen (secondary N) is 1. The van der Waals surface area contributed by atoms with Gasteiger partial charge in [-0.15, -0.1) is 0 Å². The maximum Gasteiger partial charge on any atom is 0.00792 e. The van der Waals surface area contributed by atoms with Crippen LogP contribution in [-0.2, 0) is 0 Å². The van der Waals surface area contributed by atoms with Crippen LogP contribution >= 0.6 is 0 Å². The van der Waals surface area contributed by atoms with E-state index < -0.39 is 0 Å². The Hall–Kier alpha value is -0.120. The molecular formula is C15H31N3. The van der Waals surface area contributed by atoms with E-state index >= 15 is 0 Å². The molecule has 0 bridgehead atoms. The summed E-state index contributed by atoms with van der Waals surface area (Å²) in [5.41, 5.74) is 0. The number of hydrogen-bond donors (Lipinski definition) is 1. The van der Waals surface area contributed by atoms with Crippen LogP contribution in [0.1, 0.15) is 44.9 Å². The van der Waals surface area contributed by atoms with E-state index in [1.165, 1.54) is 84.2 Å². The SMILES string of the molecule is CN(CCCN1CCCC1)CCC1CCCCN1. The van der Waals surface area contributed by atoms with Crippen LogP contribution in [0.15, 0.2) is 0 Å². The van der Waals surface area contributed by atoms with Gasteiger partial charge in [-0.25, -0.2) is 0 Å². The zero-order valence-electron chi connectivity index (χ0n) is 12.2. The van der Waals surface area contributed by atoms with Crippen molar-refractivity contribution in [2.45, 2.75) is 51.0 Å². The molecule has 0 aliphatic carbocycles. The van der Waals surface area contributed by atoms with E-state index in [4.69, 9.17) is 0 Å². The van der Waals surface area contributed by atoms with Gasteiger partial charge in [-0.3, -0.25) is 0 Å². The van der Waals surface area contributed by atoms with Crippen LogP contribution in [0, 0.1) is 0 Å². The molecule has 2 fully saturated rings. The number of nitrogens with zero attached hydrogens (tertiary/aromatic N) is 2. The van der Waals surface area contributed by atoms with Crippen LogP contribution in [0.25, 0.3) is 0 Å². The highest BCUT2D eigenvalue weighted by Gasteiger charge is 2.13. The minimum atomic E-state index is 0.791. The number of hydrogen-bond acceptors (Lipinski definition) is 3. The zero-order chi connectivity index (χ0) is 12.6. The summed E-state index contributed by atoms with van der Waals surface area (Å²) in [6.45, 7) is 7.77. The predicted molar refractivity (Wildman–Crippen MR) is 78.0 cm³/mol. The molecule has 0 saturated carbocycles. The van der Waals surface area contributed by atoms with E-state index in [0.717, 1.165) is 6.04 Å². The molecule has 2 aliphatic rings. The second-order valence-corrected chi connectivity index (χ2v) is 6.14. The van der Waals surface area contributed by atoms with Gasteiger partial charge in [-0.05, 0) is 84.8 Å². The van der Waals surface area contributed by atoms with Crippen molar-refractivity contribution in [2.75, 3.05) is 46.3 Å². The third kappa shape index (κ3) is 5.25. The first-order valence-corrected chi connectivity index (χ1v) is 7.99. The molecule has 2 heterocycles. The van der Waals surface area contributed by atoms with E-state index in [-0.39, 0.29) is 0 Å². The van der Waals surface area contributed by atoms with Gasteiger partial charge < -0.3 is 15.1 Å². The van der Waals surface area contributed by atoms with Gasteiger partial charge in [-0.1, -0.05) is 6.42 Å². The largest absolute Gasteiger partial charge is 0.314 e. The van der Waals surface area contributed by atoms with Gasteiger partial charge >= 0.3 is 0 Å². The Morgan fingerprint density at radius 1 is 1.11 bits per heavy atom. The summed E-state index contributed by atoms with van der Waals surface area (Å²) in [7, 11) is 2.28. The molecule has 2 saturated heterocycles. The van der Waals surface area contributed by atoms with Gasteiger partial charge in [0.25, 0.3) is 0 Å². The molecule has 1 atom stereocenters. The Morgan fingerprint density at radius 2 is 1.94 bits per heavy atom. The first-order valence-electron chi connectivity index (χ1n) is 7.99. The molecule has 106 valence electrons. The summed E-state index contributed by atoms with van der Waals surface area (Å²) >= 11 is 0. The van der Waals surface area contributed by atoms with E-state index in [9.17, 15) is 0 Å². The Labute approximate surface area is 113 Å². The topological polar surface area (TPSA) is 18.5 Å². The average molecular weight is 253 g/mol. The maximum absolute atomic E-state index is 3.64. The lowest BCUT2D eigenvalue weighted by Crippen LogP contribution is -2.37. The molecule has 18 heavy (non-hydrogen) atoms. The highest BCUT2D eigenvalue weighted by Crippen LogP contribution is 2.11. The van der Waals surface area contributed by atoms with E-state index in [1.807, 2.05) is 0 Å². The van der Waals surface area contributed by atoms with Crippen LogP contribution in [-0.4, -0.2) is 62.2 Å². The van der Waals surface area contributed by atoms with Crippen molar-refractivity contribution in [3.8, 4) is 0 Å². The lowest BCUT2D eigenvalue weighted by Gasteiger charge is -2.26. The molecule has 0 spiro atoms. The van der Waals surface area contributed by atoms with E-state index in [2.05, 4.69) is 22.2 Å². The van der Waals surface area contributed by atoms with E-state index in [0.29, 0.717) is 0 Å². The lowest BCUT2D eigenvalue weighted by molar-refractivity contribution is 0.260. The van der Waals surface area contributed by atoms with Crippen LogP contribution in [0.4, 0.5) is 0 Å². The highest BCUT2D eigenvalue weighted by molar-refractivity contribution is 4.73. The van der Waals surface area contributed by atoms with Gasteiger partial charge in [-0.2, -0.15) is 0 Å². The summed E-state index contributed by atoms with van der Waals surface area (Å²) in [5.74, 6) is 0. The Kier molecular flexibility index (Phi) is 6.46. The molecule has 3 nitrogen and oxygen atoms in total. The Bertz CT molecular complexity index is 208. The quantitative estimate of drug-likeness (QED) is 0.748. The molecule has 1 unspecified atom stereocenters. The third-order valence-electron chi connectivity index (χ3n) is 4.48. The number of likely N-dealkylation sites (tertiary alicyclic amines) is 1. The fraction of sp³-hybridized carbons (Fsp3) is 1.00. The van der Waals surface area contributed by atoms with Gasteiger partial charge in [0.15, 0.2) is 0 Å². The van der Waals surface area contributed by atoms with Crippen molar-refractivity contribution < 1.29 is 0 Å². The maximum atomic E-state index is 3.64. The third-order valence-corrected chi connectivity index (χ3v) is 4.48. The van der Waals surface area contributed by atoms with Crippen molar-refractivity contribution in [1.29, 1.82) is 0 Å². The second-order valence-electron chi connectivity index (χ2n) is 6.14. The summed E-state index contributed by atoms with van der Waals surface area (Å²) < 4.78 is 0. The van der Waals surface area contributed by atoms with Crippen molar-refractivity contribution in [2.24, 2.45) is 0 Å². The first kappa shape index (κ1) is 14.3. The fourth-order valence-corrected chi connectivity index (χ4v) is 3.23. The Morgan fingerprint density at radius 3 is 2.67 bits per heavy atom. The highest BCUT2D eigenvalue weighted by atomic mass is 15.1. The summed E-state index contributed by atoms with van der Waals surface area (Å²) in [5, 5.41) is 3.64. The normalized spacial score (nSPS) is 26.0. The minimum absolute atomic E-state index is 0.791. The van der Waals surface area contributed by atoms with Gasteiger partial charge in [0.2, 0.25) is 0 Å². The van der Waals surface area contributed by atoms with Crippen molar-refractivity contribution in [3.63, 3.8) is 0 Å². The Balaban J connectivity index is 1.47. The van der Waals surface area contributed by atoms with Crippen molar-refractivity contribution in [1.82, 2.24) is 15.1 Å². The van der Waals surface area contributed by atoms with Crippen molar-refractivity contribution >= 4 is 0 Å². The molecule has 2 rings (SSSR count). The molecule has 0 aromatic heterocycles. The average Bonchev–Trinajstić information content (AvgIpc) is 2.91. The summed E-state index contributed by atoms with van der Waals surface area (Å²) in [6, 6.07) is 0.791. The monoisotopic (exact) mass is 253 g/mol. The predicted octanol–water partition coefficient (Wildman–Crippen LogP) is 1.94. The molecule has 3 heteroatoms. The standard InChI is InChI=1S/C15H31N3/c1-17(10-6-13-18-11-4-5-12-18)14-8-15-7-2-3-9-16-15/h15-16H,2-14H2,1H3. The van der Waals surface area contributed by atoms with Gasteiger partial charge in [0, 0.05) is 6.04 Å². The number of rotatable bonds is 7. The lowest BCUT2D eigenvalue weighted by atomic mass is 10.0. The molecule has 0 amide bonds. The smallest absolute Gasteiger partial charge is 0.00792 e. The number of piperidine rings is 1. The molecule has 2 aliphatic heterocycles. The van der Waals surface area contributed by atoms with Crippen LogP contribution in [0.3, 0.4) is 0 Å². The van der Waals surface area contributed by atoms with Gasteiger partial charge in [0.1, 0.15) is 0 Å². The summed E-state index contributed by atoms with van der Waals surface area (Å²) in [4.78, 5) is 5.14. The molecule has 0 aromatic carbocycles. The van der Waals surface area contributed by atoms with Crippen LogP contribution < -0.4 is 5.32 Å². The molecular weight excluding hydrogens is 222 g/mol. The fourth-order valence-electron chi connectivity index (χ4n) is 3.23. The van der Waals surface area contributed by atoms with E-state index in [1.54, 1.807) is 0 Å². The zero-order valence-corrected chi connectivity index (χ0v) is 12.2. The van der Waals surface area contributed by atoms with Crippen molar-refractivity contribution in [3.05, 3.63) is 0 Å².